The lowest BCUT2D eigenvalue weighted by Gasteiger charge is -2.09. The van der Waals surface area contributed by atoms with Crippen LogP contribution < -0.4 is 0 Å². The lowest BCUT2D eigenvalue weighted by molar-refractivity contribution is 0.855. The minimum atomic E-state index is -0.0384. The SMILES string of the molecule is C1=CC(c2cccc3ccccc23)N=Nc2ccccc21. The van der Waals surface area contributed by atoms with E-state index in [0.29, 0.717) is 0 Å². The number of hydrogen-bond donors (Lipinski definition) is 0. The third-order valence-electron chi connectivity index (χ3n) is 3.83. The van der Waals surface area contributed by atoms with Gasteiger partial charge in [0.2, 0.25) is 0 Å². The summed E-state index contributed by atoms with van der Waals surface area (Å²) in [4.78, 5) is 0. The van der Waals surface area contributed by atoms with Gasteiger partial charge in [0, 0.05) is 5.56 Å². The van der Waals surface area contributed by atoms with Crippen molar-refractivity contribution in [3.8, 4) is 0 Å². The summed E-state index contributed by atoms with van der Waals surface area (Å²) in [5.41, 5.74) is 3.24. The van der Waals surface area contributed by atoms with Gasteiger partial charge in [-0.05, 0) is 22.4 Å². The average Bonchev–Trinajstić information content (AvgIpc) is 2.77. The quantitative estimate of drug-likeness (QED) is 0.542. The molecular weight excluding hydrogens is 256 g/mol. The summed E-state index contributed by atoms with van der Waals surface area (Å²) >= 11 is 0. The van der Waals surface area contributed by atoms with Gasteiger partial charge in [0.15, 0.2) is 0 Å². The van der Waals surface area contributed by atoms with Gasteiger partial charge in [0.25, 0.3) is 0 Å². The summed E-state index contributed by atoms with van der Waals surface area (Å²) in [6.07, 6.45) is 4.23. The molecule has 2 nitrogen and oxygen atoms in total. The van der Waals surface area contributed by atoms with Gasteiger partial charge in [-0.3, -0.25) is 0 Å². The minimum Gasteiger partial charge on any atom is -0.176 e. The lowest BCUT2D eigenvalue weighted by atomic mass is 9.98. The van der Waals surface area contributed by atoms with E-state index < -0.39 is 0 Å². The van der Waals surface area contributed by atoms with Gasteiger partial charge < -0.3 is 0 Å². The summed E-state index contributed by atoms with van der Waals surface area (Å²) in [5, 5.41) is 11.4. The van der Waals surface area contributed by atoms with Crippen LogP contribution in [0.5, 0.6) is 0 Å². The molecule has 2 heteroatoms. The monoisotopic (exact) mass is 270 g/mol. The van der Waals surface area contributed by atoms with Gasteiger partial charge in [-0.1, -0.05) is 72.8 Å². The molecule has 1 aliphatic heterocycles. The highest BCUT2D eigenvalue weighted by molar-refractivity contribution is 5.86. The first-order chi connectivity index (χ1) is 10.4. The van der Waals surface area contributed by atoms with Gasteiger partial charge in [-0.25, -0.2) is 0 Å². The maximum Gasteiger partial charge on any atom is 0.115 e. The zero-order chi connectivity index (χ0) is 14.1. The van der Waals surface area contributed by atoms with Crippen molar-refractivity contribution in [1.29, 1.82) is 0 Å². The summed E-state index contributed by atoms with van der Waals surface area (Å²) in [6, 6.07) is 22.8. The molecule has 3 aromatic rings. The fraction of sp³-hybridized carbons (Fsp3) is 0.0526. The molecule has 1 aliphatic rings. The zero-order valence-electron chi connectivity index (χ0n) is 11.5. The second-order valence-corrected chi connectivity index (χ2v) is 5.15. The van der Waals surface area contributed by atoms with Crippen LogP contribution in [-0.4, -0.2) is 0 Å². The molecule has 1 atom stereocenters. The second-order valence-electron chi connectivity index (χ2n) is 5.15. The van der Waals surface area contributed by atoms with E-state index in [2.05, 4.69) is 70.9 Å². The van der Waals surface area contributed by atoms with Gasteiger partial charge in [-0.15, -0.1) is 0 Å². The van der Waals surface area contributed by atoms with Crippen molar-refractivity contribution in [1.82, 2.24) is 0 Å². The predicted octanol–water partition coefficient (Wildman–Crippen LogP) is 5.69. The van der Waals surface area contributed by atoms with Crippen molar-refractivity contribution in [2.24, 2.45) is 10.2 Å². The molecule has 1 heterocycles. The van der Waals surface area contributed by atoms with E-state index in [4.69, 9.17) is 0 Å². The van der Waals surface area contributed by atoms with E-state index in [9.17, 15) is 0 Å². The molecule has 1 unspecified atom stereocenters. The Balaban J connectivity index is 1.84. The van der Waals surface area contributed by atoms with Gasteiger partial charge in [0.1, 0.15) is 6.04 Å². The maximum absolute atomic E-state index is 4.52. The predicted molar refractivity (Wildman–Crippen MR) is 86.7 cm³/mol. The molecule has 0 aromatic heterocycles. The molecule has 100 valence electrons. The number of fused-ring (bicyclic) bond motifs is 2. The van der Waals surface area contributed by atoms with Crippen LogP contribution in [0.1, 0.15) is 17.2 Å². The summed E-state index contributed by atoms with van der Waals surface area (Å²) < 4.78 is 0. The summed E-state index contributed by atoms with van der Waals surface area (Å²) in [6.45, 7) is 0. The smallest absolute Gasteiger partial charge is 0.115 e. The summed E-state index contributed by atoms with van der Waals surface area (Å²) in [5.74, 6) is 0. The van der Waals surface area contributed by atoms with Crippen LogP contribution in [0.25, 0.3) is 16.8 Å². The summed E-state index contributed by atoms with van der Waals surface area (Å²) in [7, 11) is 0. The van der Waals surface area contributed by atoms with Crippen LogP contribution in [-0.2, 0) is 0 Å². The minimum absolute atomic E-state index is 0.0384. The fourth-order valence-corrected chi connectivity index (χ4v) is 2.75. The van der Waals surface area contributed by atoms with Crippen LogP contribution in [0.2, 0.25) is 0 Å². The number of rotatable bonds is 1. The van der Waals surface area contributed by atoms with Crippen molar-refractivity contribution in [2.75, 3.05) is 0 Å². The Kier molecular flexibility index (Phi) is 2.86. The van der Waals surface area contributed by atoms with Crippen LogP contribution in [0.3, 0.4) is 0 Å². The Morgan fingerprint density at radius 1 is 0.762 bits per heavy atom. The fourth-order valence-electron chi connectivity index (χ4n) is 2.75. The molecule has 0 radical (unpaired) electrons. The molecule has 4 rings (SSSR count). The molecule has 3 aromatic carbocycles. The van der Waals surface area contributed by atoms with Crippen LogP contribution in [0, 0.1) is 0 Å². The molecule has 0 bridgehead atoms. The first kappa shape index (κ1) is 12.0. The molecular formula is C19H14N2. The van der Waals surface area contributed by atoms with Gasteiger partial charge in [-0.2, -0.15) is 10.2 Å². The molecule has 0 aliphatic carbocycles. The Morgan fingerprint density at radius 3 is 2.57 bits per heavy atom. The number of nitrogens with zero attached hydrogens (tertiary/aromatic N) is 2. The van der Waals surface area contributed by atoms with Crippen molar-refractivity contribution >= 4 is 22.5 Å². The zero-order valence-corrected chi connectivity index (χ0v) is 11.5. The lowest BCUT2D eigenvalue weighted by Crippen LogP contribution is -1.91. The third-order valence-corrected chi connectivity index (χ3v) is 3.83. The van der Waals surface area contributed by atoms with Crippen molar-refractivity contribution in [3.05, 3.63) is 83.9 Å². The van der Waals surface area contributed by atoms with Gasteiger partial charge in [0.05, 0.1) is 5.69 Å². The first-order valence-electron chi connectivity index (χ1n) is 7.07. The van der Waals surface area contributed by atoms with Crippen LogP contribution in [0.4, 0.5) is 5.69 Å². The maximum atomic E-state index is 4.52. The van der Waals surface area contributed by atoms with E-state index >= 15 is 0 Å². The highest BCUT2D eigenvalue weighted by atomic mass is 15.1. The first-order valence-corrected chi connectivity index (χ1v) is 7.07. The van der Waals surface area contributed by atoms with Crippen molar-refractivity contribution in [3.63, 3.8) is 0 Å². The number of hydrogen-bond acceptors (Lipinski definition) is 2. The topological polar surface area (TPSA) is 24.7 Å². The largest absolute Gasteiger partial charge is 0.176 e. The Bertz CT molecular complexity index is 824. The average molecular weight is 270 g/mol. The molecule has 0 saturated heterocycles. The van der Waals surface area contributed by atoms with Crippen LogP contribution in [0.15, 0.2) is 83.0 Å². The Morgan fingerprint density at radius 2 is 1.57 bits per heavy atom. The highest BCUT2D eigenvalue weighted by Crippen LogP contribution is 2.33. The van der Waals surface area contributed by atoms with E-state index in [1.807, 2.05) is 18.2 Å². The van der Waals surface area contributed by atoms with E-state index in [0.717, 1.165) is 11.3 Å². The Labute approximate surface area is 123 Å². The Hall–Kier alpha value is -2.74. The molecule has 0 N–H and O–H groups in total. The van der Waals surface area contributed by atoms with Crippen LogP contribution >= 0.6 is 0 Å². The number of azo groups is 1. The van der Waals surface area contributed by atoms with Crippen molar-refractivity contribution < 1.29 is 0 Å². The second kappa shape index (κ2) is 4.98. The van der Waals surface area contributed by atoms with Crippen molar-refractivity contribution in [2.45, 2.75) is 6.04 Å². The molecule has 0 spiro atoms. The third kappa shape index (κ3) is 2.15. The number of benzene rings is 3. The molecule has 0 amide bonds. The van der Waals surface area contributed by atoms with E-state index in [-0.39, 0.29) is 6.04 Å². The molecule has 0 saturated carbocycles. The molecule has 0 fully saturated rings. The molecule has 21 heavy (non-hydrogen) atoms. The van der Waals surface area contributed by atoms with E-state index in [1.54, 1.807) is 0 Å². The highest BCUT2D eigenvalue weighted by Gasteiger charge is 2.13. The van der Waals surface area contributed by atoms with Gasteiger partial charge >= 0.3 is 0 Å². The van der Waals surface area contributed by atoms with E-state index in [1.165, 1.54) is 16.3 Å². The normalized spacial score (nSPS) is 16.7. The standard InChI is InChI=1S/C19H14N2/c1-3-9-16-14(6-1)8-5-10-17(16)19-13-12-15-7-2-4-11-18(15)20-21-19/h1-13,19H.